The van der Waals surface area contributed by atoms with E-state index in [1.165, 1.54) is 32.6 Å². The van der Waals surface area contributed by atoms with Gasteiger partial charge in [-0.1, -0.05) is 59.3 Å². The summed E-state index contributed by atoms with van der Waals surface area (Å²) in [5, 5.41) is 19.6. The van der Waals surface area contributed by atoms with Crippen LogP contribution in [-0.2, 0) is 91.6 Å². The lowest BCUT2D eigenvalue weighted by atomic mass is 9.80. The summed E-state index contributed by atoms with van der Waals surface area (Å²) in [4.78, 5) is 193. The molecule has 6 aromatic rings. The van der Waals surface area contributed by atoms with E-state index >= 15 is 4.39 Å². The van der Waals surface area contributed by atoms with Crippen molar-refractivity contribution in [1.82, 2.24) is 44.0 Å². The molecule has 5 amide bonds. The molecule has 12 atom stereocenters. The maximum Gasteiger partial charge on any atom is 0.245 e. The Labute approximate surface area is 766 Å². The molecule has 131 heavy (non-hydrogen) atoms. The molecule has 5 saturated heterocycles. The van der Waals surface area contributed by atoms with E-state index in [1.54, 1.807) is 41.7 Å². The second-order valence-corrected chi connectivity index (χ2v) is 41.5. The Balaban J connectivity index is 0.000000144. The highest BCUT2D eigenvalue weighted by Gasteiger charge is 2.69. The van der Waals surface area contributed by atoms with Gasteiger partial charge in [0.1, 0.15) is 65.4 Å². The number of benzene rings is 3. The number of anilines is 3. The number of hydrogen-bond donors (Lipinski definition) is 1. The maximum absolute atomic E-state index is 15.1. The van der Waals surface area contributed by atoms with Gasteiger partial charge >= 0.3 is 0 Å². The third kappa shape index (κ3) is 19.9. The topological polar surface area (TPSA) is 321 Å². The third-order valence-electron chi connectivity index (χ3n) is 31.7. The quantitative estimate of drug-likeness (QED) is 0.0990. The summed E-state index contributed by atoms with van der Waals surface area (Å²) < 4.78 is 34.8. The molecule has 3 aromatic heterocycles. The van der Waals surface area contributed by atoms with Crippen LogP contribution in [0, 0.1) is 22.2 Å². The van der Waals surface area contributed by atoms with Crippen molar-refractivity contribution in [2.75, 3.05) is 34.8 Å². The zero-order valence-electron chi connectivity index (χ0n) is 78.3. The van der Waals surface area contributed by atoms with Crippen molar-refractivity contribution >= 4 is 131 Å². The van der Waals surface area contributed by atoms with Crippen molar-refractivity contribution in [3.8, 4) is 0 Å². The van der Waals surface area contributed by atoms with Gasteiger partial charge in [-0.25, -0.2) is 8.78 Å². The summed E-state index contributed by atoms with van der Waals surface area (Å²) in [5.41, 5.74) is 4.98. The number of rotatable bonds is 14. The van der Waals surface area contributed by atoms with E-state index in [2.05, 4.69) is 16.5 Å². The number of alkyl halides is 2. The average Bonchev–Trinajstić information content (AvgIpc) is 1.54. The molecule has 0 spiro atoms. The van der Waals surface area contributed by atoms with Gasteiger partial charge in [0.15, 0.2) is 34.7 Å². The van der Waals surface area contributed by atoms with E-state index in [1.807, 2.05) is 49.9 Å². The highest BCUT2D eigenvalue weighted by atomic mass is 19.1. The van der Waals surface area contributed by atoms with Crippen LogP contribution < -0.4 is 15.1 Å². The minimum atomic E-state index is -1.52. The number of Topliss-reactive ketones (excluding diaryl/α,β-unsaturated/α-hetero) is 9. The zero-order valence-corrected chi connectivity index (χ0v) is 78.3. The Morgan fingerprint density at radius 1 is 0.382 bits per heavy atom. The maximum atomic E-state index is 15.1. The Morgan fingerprint density at radius 2 is 0.748 bits per heavy atom. The monoisotopic (exact) mass is 1800 g/mol. The second-order valence-electron chi connectivity index (χ2n) is 41.5. The molecule has 3 aromatic carbocycles. The van der Waals surface area contributed by atoms with E-state index in [0.717, 1.165) is 186 Å². The van der Waals surface area contributed by atoms with Crippen LogP contribution >= 0.6 is 0 Å². The lowest BCUT2D eigenvalue weighted by molar-refractivity contribution is -0.139. The number of carbonyl (C=O) groups excluding carboxylic acids is 14. The Bertz CT molecular complexity index is 5560. The fourth-order valence-electron chi connectivity index (χ4n) is 24.3. The summed E-state index contributed by atoms with van der Waals surface area (Å²) in [7, 11) is 0. The van der Waals surface area contributed by atoms with Gasteiger partial charge < -0.3 is 29.8 Å². The van der Waals surface area contributed by atoms with Gasteiger partial charge in [-0.15, -0.1) is 0 Å². The number of halogens is 2. The summed E-state index contributed by atoms with van der Waals surface area (Å²) in [6.45, 7) is 14.1. The molecule has 4 aliphatic carbocycles. The van der Waals surface area contributed by atoms with E-state index in [4.69, 9.17) is 10.2 Å². The summed E-state index contributed by atoms with van der Waals surface area (Å²) in [5.74, 6) is -0.0434. The lowest BCUT2D eigenvalue weighted by Crippen LogP contribution is -2.47. The largest absolute Gasteiger partial charge is 0.385 e. The fraction of sp³-hybridized carbons (Fsp3) is 0.660. The van der Waals surface area contributed by atoms with Gasteiger partial charge in [0.25, 0.3) is 0 Å². The van der Waals surface area contributed by atoms with Crippen molar-refractivity contribution in [1.29, 1.82) is 0 Å². The average molecular weight is 1800 g/mol. The summed E-state index contributed by atoms with van der Waals surface area (Å²) in [6, 6.07) is 10.1. The molecule has 0 radical (unpaired) electrons. The molecule has 11 heterocycles. The van der Waals surface area contributed by atoms with Crippen molar-refractivity contribution in [2.45, 2.75) is 392 Å². The smallest absolute Gasteiger partial charge is 0.245 e. The molecule has 1 N–H and O–H groups in total. The molecule has 4 saturated carbocycles. The molecule has 8 aliphatic heterocycles. The number of hydrogen-bond acceptors (Lipinski definition) is 18. The first-order valence-corrected chi connectivity index (χ1v) is 49.6. The number of amides is 5. The summed E-state index contributed by atoms with van der Waals surface area (Å²) >= 11 is 0. The molecule has 12 aliphatic rings. The number of aryl methyl sites for hydroxylation is 3. The molecular weight excluding hydrogens is 1670 g/mol. The molecule has 704 valence electrons. The predicted octanol–water partition coefficient (Wildman–Crippen LogP) is 17.0. The van der Waals surface area contributed by atoms with Gasteiger partial charge in [-0.2, -0.15) is 15.3 Å². The van der Waals surface area contributed by atoms with Crippen molar-refractivity contribution < 1.29 is 75.9 Å². The van der Waals surface area contributed by atoms with E-state index in [9.17, 15) is 71.5 Å². The van der Waals surface area contributed by atoms with Gasteiger partial charge in [-0.05, 0) is 250 Å². The SMILES string of the molecule is CCC(=O)[C@@H]1C[C@]23CCC(=O)CCCCCCc4cc(N5CC(C)(F)CCC5=O)cc5c(C(C)=O)nn(c45)CC(=O)N1[C@@H]2C3.CCC(=O)[C@@H]1C[C@]23CCC(=O)CCCCCCc4cc(N5CCCCC5=O)cc5c(C(C)=O)nn(c45)CC(=O)N1[C@@H]2C3.CCC(=O)[C@@H]1C[C@]23CCC(=O)CCCCCCc4cc(NCC5CCCC(C)(F)C5)cc5c(C(C)=O)nn(c45)CC(=O)N1[C@@H]2C3. The van der Waals surface area contributed by atoms with Crippen LogP contribution in [0.25, 0.3) is 32.7 Å². The van der Waals surface area contributed by atoms with Gasteiger partial charge in [0.2, 0.25) is 29.5 Å². The zero-order chi connectivity index (χ0) is 92.9. The molecule has 28 heteroatoms. The van der Waals surface area contributed by atoms with E-state index in [-0.39, 0.29) is 167 Å². The standard InChI is InChI=1S/C36H49FN4O4.C34H43FN4O5.C33H42N4O5/c1-4-30(44)29-19-36-15-13-27(43)12-8-6-5-7-11-25-16-26(38-21-24-10-9-14-35(3,37)18-24)17-28-33(23(2)42)39-40(34(25)28)22-32(45)41(29)31(36)20-36;1-4-27(42)26-17-34-14-11-24(41)10-8-6-5-7-9-22-15-23(37-20-33(3,35)13-12-29(37)43)16-25-31(21(2)40)36-38(32(22)25)19-30(44)39(26)28(34)18-34;1-3-27(40)26-18-33-14-13-24(39)11-7-5-4-6-10-22-16-23(35-15-9-8-12-29(35)41)17-25-31(21(2)38)34-36(32(22)25)20-30(42)37(26)28(33)19-33/h16-17,24,29,31,38H,4-15,18-22H2,1-3H3;15-16,26,28H,4-14,17-20H2,1-3H3;16-17,26,28H,3-15,18-20H2,1-2H3/t24?,29-,31+,35?,36-;26-,28+,33?,34-;26-,28+,33-/m000/s1. The first-order valence-electron chi connectivity index (χ1n) is 49.6. The fourth-order valence-corrected chi connectivity index (χ4v) is 24.3. The van der Waals surface area contributed by atoms with Gasteiger partial charge in [0, 0.05) is 156 Å². The van der Waals surface area contributed by atoms with Gasteiger partial charge in [-0.3, -0.25) is 81.2 Å². The van der Waals surface area contributed by atoms with Crippen LogP contribution in [0.15, 0.2) is 36.4 Å². The number of aromatic nitrogens is 6. The van der Waals surface area contributed by atoms with E-state index in [0.29, 0.717) is 162 Å². The van der Waals surface area contributed by atoms with Crippen LogP contribution in [0.2, 0.25) is 0 Å². The molecule has 6 bridgehead atoms. The molecule has 9 fully saturated rings. The molecule has 18 rings (SSSR count). The minimum absolute atomic E-state index is 0.0238. The van der Waals surface area contributed by atoms with Crippen molar-refractivity contribution in [3.05, 3.63) is 70.2 Å². The normalized spacial score (nSPS) is 29.5. The van der Waals surface area contributed by atoms with Crippen LogP contribution in [0.3, 0.4) is 0 Å². The molecule has 26 nitrogen and oxygen atoms in total. The predicted molar refractivity (Wildman–Crippen MR) is 494 cm³/mol. The van der Waals surface area contributed by atoms with Crippen LogP contribution in [0.4, 0.5) is 25.8 Å². The number of carbonyl (C=O) groups is 14. The first-order chi connectivity index (χ1) is 62.6. The number of nitrogens with zero attached hydrogens (tertiary/aromatic N) is 11. The van der Waals surface area contributed by atoms with Gasteiger partial charge in [0.05, 0.1) is 41.2 Å². The number of nitrogens with one attached hydrogen (secondary N) is 1. The highest BCUT2D eigenvalue weighted by Crippen LogP contribution is 2.65. The second kappa shape index (κ2) is 38.6. The first kappa shape index (κ1) is 94.3. The van der Waals surface area contributed by atoms with E-state index < -0.39 is 29.5 Å². The number of ketones is 9. The Kier molecular flexibility index (Phi) is 27.8. The molecular formula is C103H134F2N12O14. The Morgan fingerprint density at radius 3 is 1.13 bits per heavy atom. The summed E-state index contributed by atoms with van der Waals surface area (Å²) in [6.07, 6.45) is 29.2. The van der Waals surface area contributed by atoms with Crippen LogP contribution in [0.1, 0.15) is 354 Å². The van der Waals surface area contributed by atoms with Crippen molar-refractivity contribution in [2.24, 2.45) is 22.2 Å². The highest BCUT2D eigenvalue weighted by molar-refractivity contribution is 6.11. The number of piperidine rings is 5. The minimum Gasteiger partial charge on any atom is -0.385 e. The van der Waals surface area contributed by atoms with Crippen LogP contribution in [0.5, 0.6) is 0 Å². The lowest BCUT2D eigenvalue weighted by Gasteiger charge is -2.35. The van der Waals surface area contributed by atoms with Crippen LogP contribution in [-0.4, -0.2) is 193 Å². The third-order valence-corrected chi connectivity index (χ3v) is 31.7. The Hall–Kier alpha value is -9.89. The van der Waals surface area contributed by atoms with Crippen molar-refractivity contribution in [3.63, 3.8) is 0 Å². The molecule has 3 unspecified atom stereocenters.